The Labute approximate surface area is 74.8 Å². The number of hydrogen-bond donors (Lipinski definition) is 2. The summed E-state index contributed by atoms with van der Waals surface area (Å²) in [7, 11) is 0. The van der Waals surface area contributed by atoms with Crippen molar-refractivity contribution in [1.82, 2.24) is 0 Å². The van der Waals surface area contributed by atoms with Crippen LogP contribution < -0.4 is 5.73 Å². The second-order valence-corrected chi connectivity index (χ2v) is 2.70. The molecule has 0 bridgehead atoms. The largest absolute Gasteiger partial charge is 0.392 e. The van der Waals surface area contributed by atoms with Crippen LogP contribution in [-0.4, -0.2) is 11.0 Å². The van der Waals surface area contributed by atoms with Gasteiger partial charge in [0.15, 0.2) is 0 Å². The molecule has 0 atom stereocenters. The Hall–Kier alpha value is -1.06. The Kier molecular flexibility index (Phi) is 2.68. The van der Waals surface area contributed by atoms with Gasteiger partial charge in [0.25, 0.3) is 5.91 Å². The van der Waals surface area contributed by atoms with E-state index in [1.165, 1.54) is 0 Å². The summed E-state index contributed by atoms with van der Waals surface area (Å²) in [6.07, 6.45) is 0. The topological polar surface area (TPSA) is 63.3 Å². The summed E-state index contributed by atoms with van der Waals surface area (Å²) in [6, 6.07) is 4.81. The van der Waals surface area contributed by atoms with Crippen LogP contribution in [0, 0.1) is 0 Å². The van der Waals surface area contributed by atoms with Gasteiger partial charge >= 0.3 is 0 Å². The van der Waals surface area contributed by atoms with Gasteiger partial charge in [0.2, 0.25) is 0 Å². The number of aliphatic hydroxyl groups is 1. The highest BCUT2D eigenvalue weighted by Crippen LogP contribution is 2.19. The number of rotatable bonds is 2. The molecule has 0 saturated heterocycles. The van der Waals surface area contributed by atoms with Crippen molar-refractivity contribution in [1.29, 1.82) is 0 Å². The van der Waals surface area contributed by atoms with Gasteiger partial charge in [-0.15, -0.1) is 0 Å². The van der Waals surface area contributed by atoms with Crippen LogP contribution in [0.15, 0.2) is 18.2 Å². The first-order valence-electron chi connectivity index (χ1n) is 3.35. The first-order chi connectivity index (χ1) is 5.66. The predicted octanol–water partition coefficient (Wildman–Crippen LogP) is 0.931. The summed E-state index contributed by atoms with van der Waals surface area (Å²) in [6.45, 7) is -0.237. The molecular weight excluding hydrogens is 178 g/mol. The van der Waals surface area contributed by atoms with Crippen molar-refractivity contribution in [2.45, 2.75) is 6.61 Å². The molecule has 64 valence electrons. The molecule has 4 heteroatoms. The average molecular weight is 186 g/mol. The average Bonchev–Trinajstić information content (AvgIpc) is 2.03. The van der Waals surface area contributed by atoms with Gasteiger partial charge < -0.3 is 10.8 Å². The van der Waals surface area contributed by atoms with Gasteiger partial charge in [-0.25, -0.2) is 0 Å². The van der Waals surface area contributed by atoms with Crippen molar-refractivity contribution in [2.75, 3.05) is 0 Å². The number of benzene rings is 1. The lowest BCUT2D eigenvalue weighted by Gasteiger charge is -2.04. The first-order valence-corrected chi connectivity index (χ1v) is 3.72. The first kappa shape index (κ1) is 9.03. The lowest BCUT2D eigenvalue weighted by Crippen LogP contribution is -2.14. The number of hydrogen-bond acceptors (Lipinski definition) is 2. The molecule has 0 spiro atoms. The zero-order valence-electron chi connectivity index (χ0n) is 6.25. The monoisotopic (exact) mass is 185 g/mol. The van der Waals surface area contributed by atoms with Crippen molar-refractivity contribution in [2.24, 2.45) is 5.73 Å². The van der Waals surface area contributed by atoms with Gasteiger partial charge in [0, 0.05) is 0 Å². The number of nitrogens with two attached hydrogens (primary N) is 1. The standard InChI is InChI=1S/C8H8ClNO2/c9-6-3-1-2-5(4-11)7(6)8(10)12/h1-3,11H,4H2,(H2,10,12). The predicted molar refractivity (Wildman–Crippen MR) is 45.9 cm³/mol. The summed E-state index contributed by atoms with van der Waals surface area (Å²) in [5.41, 5.74) is 5.71. The smallest absolute Gasteiger partial charge is 0.250 e. The third-order valence-electron chi connectivity index (χ3n) is 1.52. The summed E-state index contributed by atoms with van der Waals surface area (Å²) in [4.78, 5) is 10.8. The van der Waals surface area contributed by atoms with Crippen LogP contribution in [0.2, 0.25) is 5.02 Å². The van der Waals surface area contributed by atoms with Crippen LogP contribution in [0.3, 0.4) is 0 Å². The molecule has 0 aliphatic heterocycles. The molecule has 0 fully saturated rings. The zero-order valence-corrected chi connectivity index (χ0v) is 7.01. The summed E-state index contributed by atoms with van der Waals surface area (Å²) < 4.78 is 0. The Morgan fingerprint density at radius 3 is 2.67 bits per heavy atom. The molecule has 0 aliphatic carbocycles. The Morgan fingerprint density at radius 1 is 1.58 bits per heavy atom. The maximum atomic E-state index is 10.8. The third-order valence-corrected chi connectivity index (χ3v) is 1.83. The Balaban J connectivity index is 3.29. The maximum Gasteiger partial charge on any atom is 0.250 e. The molecule has 1 rings (SSSR count). The van der Waals surface area contributed by atoms with E-state index in [1.807, 2.05) is 0 Å². The molecule has 12 heavy (non-hydrogen) atoms. The minimum Gasteiger partial charge on any atom is -0.392 e. The quantitative estimate of drug-likeness (QED) is 0.720. The second-order valence-electron chi connectivity index (χ2n) is 2.30. The van der Waals surface area contributed by atoms with Crippen LogP contribution in [0.4, 0.5) is 0 Å². The number of halogens is 1. The van der Waals surface area contributed by atoms with E-state index < -0.39 is 5.91 Å². The fraction of sp³-hybridized carbons (Fsp3) is 0.125. The van der Waals surface area contributed by atoms with E-state index in [4.69, 9.17) is 22.4 Å². The maximum absolute atomic E-state index is 10.8. The van der Waals surface area contributed by atoms with Crippen molar-refractivity contribution in [3.63, 3.8) is 0 Å². The van der Waals surface area contributed by atoms with E-state index in [-0.39, 0.29) is 17.2 Å². The molecule has 0 radical (unpaired) electrons. The van der Waals surface area contributed by atoms with E-state index in [1.54, 1.807) is 18.2 Å². The van der Waals surface area contributed by atoms with Crippen molar-refractivity contribution in [3.8, 4) is 0 Å². The Bertz CT molecular complexity index is 312. The van der Waals surface area contributed by atoms with E-state index in [0.717, 1.165) is 0 Å². The van der Waals surface area contributed by atoms with Gasteiger partial charge in [0.05, 0.1) is 17.2 Å². The molecule has 1 aromatic carbocycles. The van der Waals surface area contributed by atoms with Crippen LogP contribution in [-0.2, 0) is 6.61 Å². The molecule has 1 amide bonds. The fourth-order valence-electron chi connectivity index (χ4n) is 0.976. The van der Waals surface area contributed by atoms with Gasteiger partial charge in [0.1, 0.15) is 0 Å². The normalized spacial score (nSPS) is 9.83. The van der Waals surface area contributed by atoms with Crippen LogP contribution in [0.5, 0.6) is 0 Å². The number of aliphatic hydroxyl groups excluding tert-OH is 1. The highest BCUT2D eigenvalue weighted by atomic mass is 35.5. The van der Waals surface area contributed by atoms with Crippen molar-refractivity contribution < 1.29 is 9.90 Å². The lowest BCUT2D eigenvalue weighted by molar-refractivity contribution is 0.0997. The molecular formula is C8H8ClNO2. The van der Waals surface area contributed by atoms with Crippen LogP contribution in [0.25, 0.3) is 0 Å². The third kappa shape index (κ3) is 1.57. The highest BCUT2D eigenvalue weighted by molar-refractivity contribution is 6.34. The van der Waals surface area contributed by atoms with Gasteiger partial charge in [-0.05, 0) is 11.6 Å². The van der Waals surface area contributed by atoms with E-state index in [2.05, 4.69) is 0 Å². The summed E-state index contributed by atoms with van der Waals surface area (Å²) in [5, 5.41) is 9.10. The summed E-state index contributed by atoms with van der Waals surface area (Å²) >= 11 is 5.69. The van der Waals surface area contributed by atoms with E-state index >= 15 is 0 Å². The molecule has 0 aromatic heterocycles. The highest BCUT2D eigenvalue weighted by Gasteiger charge is 2.10. The number of amides is 1. The number of carbonyl (C=O) groups is 1. The molecule has 3 nitrogen and oxygen atoms in total. The van der Waals surface area contributed by atoms with E-state index in [9.17, 15) is 4.79 Å². The minimum atomic E-state index is -0.621. The van der Waals surface area contributed by atoms with E-state index in [0.29, 0.717) is 5.56 Å². The molecule has 1 aromatic rings. The number of carbonyl (C=O) groups excluding carboxylic acids is 1. The number of primary amides is 1. The summed E-state index contributed by atoms with van der Waals surface area (Å²) in [5.74, 6) is -0.621. The minimum absolute atomic E-state index is 0.196. The van der Waals surface area contributed by atoms with Gasteiger partial charge in [-0.2, -0.15) is 0 Å². The van der Waals surface area contributed by atoms with Crippen molar-refractivity contribution >= 4 is 17.5 Å². The lowest BCUT2D eigenvalue weighted by atomic mass is 10.1. The van der Waals surface area contributed by atoms with Crippen molar-refractivity contribution in [3.05, 3.63) is 34.3 Å². The molecule has 0 heterocycles. The fourth-order valence-corrected chi connectivity index (χ4v) is 1.26. The van der Waals surface area contributed by atoms with Gasteiger partial charge in [-0.3, -0.25) is 4.79 Å². The van der Waals surface area contributed by atoms with Crippen LogP contribution in [0.1, 0.15) is 15.9 Å². The molecule has 0 saturated carbocycles. The molecule has 0 aliphatic rings. The second kappa shape index (κ2) is 3.56. The molecule has 0 unspecified atom stereocenters. The van der Waals surface area contributed by atoms with Gasteiger partial charge in [-0.1, -0.05) is 23.7 Å². The zero-order chi connectivity index (χ0) is 9.14. The SMILES string of the molecule is NC(=O)c1c(Cl)cccc1CO. The van der Waals surface area contributed by atoms with Crippen LogP contribution >= 0.6 is 11.6 Å². The Morgan fingerprint density at radius 2 is 2.25 bits per heavy atom. The molecule has 3 N–H and O–H groups in total.